The van der Waals surface area contributed by atoms with Crippen molar-refractivity contribution in [1.82, 2.24) is 5.32 Å². The van der Waals surface area contributed by atoms with Crippen molar-refractivity contribution in [3.8, 4) is 6.07 Å². The van der Waals surface area contributed by atoms with Crippen molar-refractivity contribution < 1.29 is 27.2 Å². The van der Waals surface area contributed by atoms with Gasteiger partial charge < -0.3 is 16.0 Å². The highest BCUT2D eigenvalue weighted by atomic mass is 19.4. The van der Waals surface area contributed by atoms with Gasteiger partial charge in [-0.05, 0) is 56.7 Å². The van der Waals surface area contributed by atoms with Gasteiger partial charge in [-0.3, -0.25) is 9.59 Å². The Morgan fingerprint density at radius 1 is 1.06 bits per heavy atom. The zero-order valence-electron chi connectivity index (χ0n) is 17.7. The van der Waals surface area contributed by atoms with E-state index in [2.05, 4.69) is 16.0 Å². The Kier molecular flexibility index (Phi) is 7.46. The molecule has 0 saturated carbocycles. The van der Waals surface area contributed by atoms with Crippen LogP contribution in [0.3, 0.4) is 0 Å². The molecule has 2 rings (SSSR count). The van der Waals surface area contributed by atoms with E-state index in [1.54, 1.807) is 0 Å². The van der Waals surface area contributed by atoms with Crippen molar-refractivity contribution in [2.24, 2.45) is 0 Å². The highest BCUT2D eigenvalue weighted by molar-refractivity contribution is 6.00. The summed E-state index contributed by atoms with van der Waals surface area (Å²) in [6.45, 7) is 5.17. The Hall–Kier alpha value is -3.61. The molecule has 6 nitrogen and oxygen atoms in total. The summed E-state index contributed by atoms with van der Waals surface area (Å²) >= 11 is 0. The van der Waals surface area contributed by atoms with E-state index in [0.717, 1.165) is 12.1 Å². The van der Waals surface area contributed by atoms with Crippen molar-refractivity contribution in [3.05, 3.63) is 58.9 Å². The third kappa shape index (κ3) is 5.97. The summed E-state index contributed by atoms with van der Waals surface area (Å²) in [4.78, 5) is 24.6. The number of alkyl halides is 3. The molecule has 10 heteroatoms. The van der Waals surface area contributed by atoms with Crippen molar-refractivity contribution in [3.63, 3.8) is 0 Å². The van der Waals surface area contributed by atoms with Gasteiger partial charge in [-0.2, -0.15) is 18.4 Å². The number of carbonyl (C=O) groups excluding carboxylic acids is 2. The van der Waals surface area contributed by atoms with Gasteiger partial charge in [0.25, 0.3) is 5.91 Å². The smallest absolute Gasteiger partial charge is 0.372 e. The van der Waals surface area contributed by atoms with Crippen LogP contribution in [0.1, 0.15) is 48.7 Å². The SMILES string of the molecule is CCCNC(=O)c1ccc(NC(C)(C)C(=O)Nc2ccc(C#N)c(C(F)(F)F)c2)cc1F. The molecule has 3 N–H and O–H groups in total. The first-order valence-corrected chi connectivity index (χ1v) is 9.67. The lowest BCUT2D eigenvalue weighted by Gasteiger charge is -2.27. The molecule has 2 aromatic rings. The second-order valence-electron chi connectivity index (χ2n) is 7.52. The topological polar surface area (TPSA) is 94.0 Å². The summed E-state index contributed by atoms with van der Waals surface area (Å²) in [7, 11) is 0. The molecule has 0 aliphatic rings. The van der Waals surface area contributed by atoms with Crippen LogP contribution in [0.5, 0.6) is 0 Å². The van der Waals surface area contributed by atoms with Gasteiger partial charge in [0.2, 0.25) is 5.91 Å². The van der Waals surface area contributed by atoms with E-state index in [-0.39, 0.29) is 16.9 Å². The highest BCUT2D eigenvalue weighted by Gasteiger charge is 2.34. The van der Waals surface area contributed by atoms with Gasteiger partial charge >= 0.3 is 6.18 Å². The summed E-state index contributed by atoms with van der Waals surface area (Å²) in [5.74, 6) is -2.04. The van der Waals surface area contributed by atoms with Gasteiger partial charge in [0.15, 0.2) is 0 Å². The summed E-state index contributed by atoms with van der Waals surface area (Å²) in [6, 6.07) is 8.04. The van der Waals surface area contributed by atoms with Crippen LogP contribution < -0.4 is 16.0 Å². The lowest BCUT2D eigenvalue weighted by Crippen LogP contribution is -2.44. The Balaban J connectivity index is 2.17. The molecule has 0 aliphatic heterocycles. The molecule has 2 aromatic carbocycles. The van der Waals surface area contributed by atoms with Crippen LogP contribution in [0, 0.1) is 17.1 Å². The molecule has 0 aliphatic carbocycles. The predicted octanol–water partition coefficient (Wildman–Crippen LogP) is 4.69. The van der Waals surface area contributed by atoms with E-state index in [4.69, 9.17) is 5.26 Å². The number of benzene rings is 2. The summed E-state index contributed by atoms with van der Waals surface area (Å²) < 4.78 is 53.7. The molecule has 0 aromatic heterocycles. The number of nitrogens with one attached hydrogen (secondary N) is 3. The molecular formula is C22H22F4N4O2. The van der Waals surface area contributed by atoms with Crippen LogP contribution >= 0.6 is 0 Å². The molecular weight excluding hydrogens is 428 g/mol. The Labute approximate surface area is 182 Å². The lowest BCUT2D eigenvalue weighted by atomic mass is 10.0. The fourth-order valence-electron chi connectivity index (χ4n) is 2.77. The normalized spacial score (nSPS) is 11.4. The second-order valence-corrected chi connectivity index (χ2v) is 7.52. The minimum Gasteiger partial charge on any atom is -0.372 e. The van der Waals surface area contributed by atoms with Crippen LogP contribution in [0.15, 0.2) is 36.4 Å². The average molecular weight is 450 g/mol. The number of anilines is 2. The maximum Gasteiger partial charge on any atom is 0.417 e. The number of nitrogens with zero attached hydrogens (tertiary/aromatic N) is 1. The van der Waals surface area contributed by atoms with E-state index in [1.165, 1.54) is 38.1 Å². The molecule has 2 amide bonds. The summed E-state index contributed by atoms with van der Waals surface area (Å²) in [6.07, 6.45) is -4.07. The number of hydrogen-bond acceptors (Lipinski definition) is 4. The fraction of sp³-hybridized carbons (Fsp3) is 0.318. The lowest BCUT2D eigenvalue weighted by molar-refractivity contribution is -0.137. The van der Waals surface area contributed by atoms with Crippen molar-refractivity contribution in [2.45, 2.75) is 38.9 Å². The third-order valence-corrected chi connectivity index (χ3v) is 4.48. The molecule has 0 atom stereocenters. The average Bonchev–Trinajstić information content (AvgIpc) is 2.71. The number of halogens is 4. The summed E-state index contributed by atoms with van der Waals surface area (Å²) in [5.41, 5.74) is -3.18. The van der Waals surface area contributed by atoms with Crippen molar-refractivity contribution >= 4 is 23.2 Å². The highest BCUT2D eigenvalue weighted by Crippen LogP contribution is 2.33. The Morgan fingerprint density at radius 3 is 2.28 bits per heavy atom. The maximum atomic E-state index is 14.3. The minimum atomic E-state index is -4.76. The van der Waals surface area contributed by atoms with Crippen molar-refractivity contribution in [2.75, 3.05) is 17.2 Å². The van der Waals surface area contributed by atoms with Crippen LogP contribution in [-0.2, 0) is 11.0 Å². The zero-order chi connectivity index (χ0) is 24.1. The zero-order valence-corrected chi connectivity index (χ0v) is 17.7. The van der Waals surface area contributed by atoms with E-state index < -0.39 is 40.5 Å². The van der Waals surface area contributed by atoms with E-state index in [9.17, 15) is 27.2 Å². The fourth-order valence-corrected chi connectivity index (χ4v) is 2.77. The van der Waals surface area contributed by atoms with Crippen molar-refractivity contribution in [1.29, 1.82) is 5.26 Å². The largest absolute Gasteiger partial charge is 0.417 e. The summed E-state index contributed by atoms with van der Waals surface area (Å²) in [5, 5.41) is 16.6. The van der Waals surface area contributed by atoms with Crippen LogP contribution in [0.25, 0.3) is 0 Å². The third-order valence-electron chi connectivity index (χ3n) is 4.48. The van der Waals surface area contributed by atoms with Gasteiger partial charge in [0, 0.05) is 17.9 Å². The maximum absolute atomic E-state index is 14.3. The number of rotatable bonds is 7. The second kappa shape index (κ2) is 9.68. The van der Waals surface area contributed by atoms with Crippen LogP contribution in [0.2, 0.25) is 0 Å². The number of amides is 2. The molecule has 0 fully saturated rings. The van der Waals surface area contributed by atoms with E-state index >= 15 is 0 Å². The van der Waals surface area contributed by atoms with Gasteiger partial charge in [0.05, 0.1) is 22.8 Å². The quantitative estimate of drug-likeness (QED) is 0.534. The Morgan fingerprint density at radius 2 is 1.72 bits per heavy atom. The predicted molar refractivity (Wildman–Crippen MR) is 112 cm³/mol. The van der Waals surface area contributed by atoms with Crippen LogP contribution in [-0.4, -0.2) is 23.9 Å². The first-order chi connectivity index (χ1) is 14.9. The van der Waals surface area contributed by atoms with E-state index in [0.29, 0.717) is 19.0 Å². The first-order valence-electron chi connectivity index (χ1n) is 9.67. The van der Waals surface area contributed by atoms with Gasteiger partial charge in [-0.1, -0.05) is 6.92 Å². The van der Waals surface area contributed by atoms with Crippen LogP contribution in [0.4, 0.5) is 28.9 Å². The molecule has 0 radical (unpaired) electrons. The number of carbonyl (C=O) groups is 2. The van der Waals surface area contributed by atoms with Gasteiger partial charge in [0.1, 0.15) is 11.4 Å². The minimum absolute atomic E-state index is 0.148. The molecule has 170 valence electrons. The van der Waals surface area contributed by atoms with Gasteiger partial charge in [-0.15, -0.1) is 0 Å². The first kappa shape index (κ1) is 24.7. The molecule has 0 saturated heterocycles. The Bertz CT molecular complexity index is 1060. The molecule has 0 heterocycles. The van der Waals surface area contributed by atoms with Gasteiger partial charge in [-0.25, -0.2) is 4.39 Å². The molecule has 0 spiro atoms. The molecule has 0 unspecified atom stereocenters. The number of nitriles is 1. The molecule has 0 bridgehead atoms. The number of hydrogen-bond donors (Lipinski definition) is 3. The molecule has 32 heavy (non-hydrogen) atoms. The standard InChI is InChI=1S/C22H22F4N4O2/c1-4-9-28-19(31)16-8-7-15(11-18(16)23)30-21(2,3)20(32)29-14-6-5-13(12-27)17(10-14)22(24,25)26/h5-8,10-11,30H,4,9H2,1-3H3,(H,28,31)(H,29,32). The monoisotopic (exact) mass is 450 g/mol. The van der Waals surface area contributed by atoms with E-state index in [1.807, 2.05) is 6.92 Å².